The molecule has 1 aromatic rings. The number of nitrogens with two attached hydrogens (primary N) is 1. The maximum absolute atomic E-state index is 11.8. The molecule has 0 bridgehead atoms. The Kier molecular flexibility index (Phi) is 5.01. The predicted molar refractivity (Wildman–Crippen MR) is 69.9 cm³/mol. The minimum absolute atomic E-state index is 0.198. The highest BCUT2D eigenvalue weighted by molar-refractivity contribution is 5.80. The molecule has 0 amide bonds. The lowest BCUT2D eigenvalue weighted by Crippen LogP contribution is -2.16. The number of esters is 1. The molecule has 0 fully saturated rings. The number of methoxy groups -OCH3 is 1. The summed E-state index contributed by atoms with van der Waals surface area (Å²) in [6.45, 7) is 4.10. The molecule has 1 atom stereocenters. The minimum atomic E-state index is -0.236. The van der Waals surface area contributed by atoms with Gasteiger partial charge in [0.05, 0.1) is 13.0 Å². The number of aryl methyl sites for hydroxylation is 1. The van der Waals surface area contributed by atoms with Gasteiger partial charge in [-0.2, -0.15) is 0 Å². The molecule has 0 spiro atoms. The molecule has 0 aromatic heterocycles. The van der Waals surface area contributed by atoms with Gasteiger partial charge in [0.1, 0.15) is 0 Å². The van der Waals surface area contributed by atoms with Gasteiger partial charge in [-0.25, -0.2) is 0 Å². The van der Waals surface area contributed by atoms with Gasteiger partial charge in [-0.1, -0.05) is 37.5 Å². The second-order valence-electron chi connectivity index (χ2n) is 4.35. The van der Waals surface area contributed by atoms with Gasteiger partial charge in [0.25, 0.3) is 0 Å². The molecule has 3 nitrogen and oxygen atoms in total. The summed E-state index contributed by atoms with van der Waals surface area (Å²) in [4.78, 5) is 11.8. The van der Waals surface area contributed by atoms with Gasteiger partial charge in [0.2, 0.25) is 0 Å². The van der Waals surface area contributed by atoms with E-state index in [4.69, 9.17) is 10.5 Å². The Morgan fingerprint density at radius 1 is 1.47 bits per heavy atom. The van der Waals surface area contributed by atoms with Crippen molar-refractivity contribution in [2.45, 2.75) is 39.0 Å². The zero-order chi connectivity index (χ0) is 12.8. The largest absolute Gasteiger partial charge is 0.469 e. The number of ether oxygens (including phenoxy) is 1. The summed E-state index contributed by atoms with van der Waals surface area (Å²) >= 11 is 0. The summed E-state index contributed by atoms with van der Waals surface area (Å²) in [5, 5.41) is 0. The first-order valence-electron chi connectivity index (χ1n) is 6.04. The molecule has 0 saturated carbocycles. The second-order valence-corrected chi connectivity index (χ2v) is 4.35. The summed E-state index contributed by atoms with van der Waals surface area (Å²) in [7, 11) is 1.42. The lowest BCUT2D eigenvalue weighted by atomic mass is 9.91. The first kappa shape index (κ1) is 13.6. The van der Waals surface area contributed by atoms with Crippen molar-refractivity contribution < 1.29 is 9.53 Å². The fourth-order valence-electron chi connectivity index (χ4n) is 1.95. The number of unbranched alkanes of at least 4 members (excludes halogenated alkanes) is 1. The molecule has 3 heteroatoms. The molecule has 2 N–H and O–H groups in total. The van der Waals surface area contributed by atoms with E-state index in [0.717, 1.165) is 30.4 Å². The molecule has 17 heavy (non-hydrogen) atoms. The number of anilines is 1. The number of hydrogen-bond acceptors (Lipinski definition) is 3. The SMILES string of the molecule is CCCCC(C(=O)OC)c1cc(C)ccc1N. The average molecular weight is 235 g/mol. The van der Waals surface area contributed by atoms with Crippen LogP contribution in [0.5, 0.6) is 0 Å². The van der Waals surface area contributed by atoms with Gasteiger partial charge in [-0.3, -0.25) is 4.79 Å². The van der Waals surface area contributed by atoms with Crippen molar-refractivity contribution in [3.63, 3.8) is 0 Å². The summed E-state index contributed by atoms with van der Waals surface area (Å²) < 4.78 is 4.86. The Labute approximate surface area is 103 Å². The van der Waals surface area contributed by atoms with Crippen LogP contribution >= 0.6 is 0 Å². The Hall–Kier alpha value is -1.51. The quantitative estimate of drug-likeness (QED) is 0.630. The van der Waals surface area contributed by atoms with Crippen LogP contribution in [0.2, 0.25) is 0 Å². The summed E-state index contributed by atoms with van der Waals surface area (Å²) in [6.07, 6.45) is 2.84. The van der Waals surface area contributed by atoms with Crippen LogP contribution in [0.1, 0.15) is 43.2 Å². The van der Waals surface area contributed by atoms with Gasteiger partial charge < -0.3 is 10.5 Å². The standard InChI is InChI=1S/C14H21NO2/c1-4-5-6-11(14(16)17-3)12-9-10(2)7-8-13(12)15/h7-9,11H,4-6,15H2,1-3H3. The number of rotatable bonds is 5. The average Bonchev–Trinajstić information content (AvgIpc) is 2.33. The van der Waals surface area contributed by atoms with Crippen molar-refractivity contribution in [2.75, 3.05) is 12.8 Å². The van der Waals surface area contributed by atoms with Crippen LogP contribution in [0.3, 0.4) is 0 Å². The molecule has 0 radical (unpaired) electrons. The monoisotopic (exact) mass is 235 g/mol. The number of nitrogen functional groups attached to an aromatic ring is 1. The van der Waals surface area contributed by atoms with Crippen molar-refractivity contribution >= 4 is 11.7 Å². The van der Waals surface area contributed by atoms with E-state index in [9.17, 15) is 4.79 Å². The van der Waals surface area contributed by atoms with E-state index in [1.165, 1.54) is 7.11 Å². The fraction of sp³-hybridized carbons (Fsp3) is 0.500. The first-order valence-corrected chi connectivity index (χ1v) is 6.04. The summed E-state index contributed by atoms with van der Waals surface area (Å²) in [5.41, 5.74) is 8.62. The third-order valence-electron chi connectivity index (χ3n) is 2.95. The van der Waals surface area contributed by atoms with Crippen molar-refractivity contribution in [3.8, 4) is 0 Å². The number of carbonyl (C=O) groups excluding carboxylic acids is 1. The van der Waals surface area contributed by atoms with E-state index in [2.05, 4.69) is 6.92 Å². The number of carbonyl (C=O) groups is 1. The third-order valence-corrected chi connectivity index (χ3v) is 2.95. The molecular formula is C14H21NO2. The van der Waals surface area contributed by atoms with Gasteiger partial charge in [0.15, 0.2) is 0 Å². The molecule has 0 aliphatic carbocycles. The molecule has 1 aromatic carbocycles. The zero-order valence-electron chi connectivity index (χ0n) is 10.8. The zero-order valence-corrected chi connectivity index (χ0v) is 10.8. The Morgan fingerprint density at radius 2 is 2.18 bits per heavy atom. The van der Waals surface area contributed by atoms with E-state index in [1.807, 2.05) is 25.1 Å². The van der Waals surface area contributed by atoms with Crippen molar-refractivity contribution in [3.05, 3.63) is 29.3 Å². The molecule has 0 heterocycles. The maximum Gasteiger partial charge on any atom is 0.313 e. The maximum atomic E-state index is 11.8. The van der Waals surface area contributed by atoms with Crippen LogP contribution in [-0.4, -0.2) is 13.1 Å². The molecule has 1 unspecified atom stereocenters. The van der Waals surface area contributed by atoms with E-state index in [1.54, 1.807) is 0 Å². The molecule has 0 saturated heterocycles. The minimum Gasteiger partial charge on any atom is -0.469 e. The van der Waals surface area contributed by atoms with Gasteiger partial charge >= 0.3 is 5.97 Å². The van der Waals surface area contributed by atoms with Crippen molar-refractivity contribution in [1.82, 2.24) is 0 Å². The van der Waals surface area contributed by atoms with Gasteiger partial charge in [-0.05, 0) is 25.0 Å². The topological polar surface area (TPSA) is 52.3 Å². The van der Waals surface area contributed by atoms with Crippen molar-refractivity contribution in [2.24, 2.45) is 0 Å². The van der Waals surface area contributed by atoms with Crippen LogP contribution in [0.4, 0.5) is 5.69 Å². The molecule has 0 aliphatic rings. The van der Waals surface area contributed by atoms with Crippen LogP contribution in [-0.2, 0) is 9.53 Å². The molecular weight excluding hydrogens is 214 g/mol. The van der Waals surface area contributed by atoms with Crippen LogP contribution in [0.15, 0.2) is 18.2 Å². The van der Waals surface area contributed by atoms with Crippen LogP contribution in [0.25, 0.3) is 0 Å². The normalized spacial score (nSPS) is 12.2. The fourth-order valence-corrected chi connectivity index (χ4v) is 1.95. The third kappa shape index (κ3) is 3.48. The van der Waals surface area contributed by atoms with E-state index in [-0.39, 0.29) is 11.9 Å². The van der Waals surface area contributed by atoms with Crippen molar-refractivity contribution in [1.29, 1.82) is 0 Å². The smallest absolute Gasteiger partial charge is 0.313 e. The lowest BCUT2D eigenvalue weighted by Gasteiger charge is -2.17. The van der Waals surface area contributed by atoms with Gasteiger partial charge in [-0.15, -0.1) is 0 Å². The van der Waals surface area contributed by atoms with Gasteiger partial charge in [0, 0.05) is 5.69 Å². The van der Waals surface area contributed by atoms with E-state index >= 15 is 0 Å². The number of hydrogen-bond donors (Lipinski definition) is 1. The Morgan fingerprint density at radius 3 is 2.76 bits per heavy atom. The summed E-state index contributed by atoms with van der Waals surface area (Å²) in [5.74, 6) is -0.435. The molecule has 0 aliphatic heterocycles. The Bertz CT molecular complexity index is 388. The van der Waals surface area contributed by atoms with E-state index < -0.39 is 0 Å². The predicted octanol–water partition coefficient (Wildman–Crippen LogP) is 3.02. The molecule has 1 rings (SSSR count). The Balaban J connectivity index is 3.02. The highest BCUT2D eigenvalue weighted by atomic mass is 16.5. The first-order chi connectivity index (χ1) is 8.10. The summed E-state index contributed by atoms with van der Waals surface area (Å²) in [6, 6.07) is 5.78. The highest BCUT2D eigenvalue weighted by Crippen LogP contribution is 2.29. The van der Waals surface area contributed by atoms with Crippen LogP contribution in [0, 0.1) is 6.92 Å². The number of benzene rings is 1. The van der Waals surface area contributed by atoms with E-state index in [0.29, 0.717) is 5.69 Å². The lowest BCUT2D eigenvalue weighted by molar-refractivity contribution is -0.142. The second kappa shape index (κ2) is 6.28. The molecule has 94 valence electrons. The van der Waals surface area contributed by atoms with Crippen LogP contribution < -0.4 is 5.73 Å². The highest BCUT2D eigenvalue weighted by Gasteiger charge is 2.22.